The van der Waals surface area contributed by atoms with Crippen LogP contribution in [0.25, 0.3) is 5.57 Å². The Morgan fingerprint density at radius 2 is 1.76 bits per heavy atom. The highest BCUT2D eigenvalue weighted by atomic mass is 14.1. The molecule has 21 heavy (non-hydrogen) atoms. The van der Waals surface area contributed by atoms with Gasteiger partial charge in [0.25, 0.3) is 0 Å². The molecule has 1 aromatic rings. The Kier molecular flexibility index (Phi) is 7.25. The van der Waals surface area contributed by atoms with Crippen molar-refractivity contribution in [3.8, 4) is 0 Å². The molecule has 0 radical (unpaired) electrons. The molecule has 0 saturated heterocycles. The van der Waals surface area contributed by atoms with Crippen molar-refractivity contribution in [3.05, 3.63) is 90.1 Å². The van der Waals surface area contributed by atoms with E-state index < -0.39 is 0 Å². The van der Waals surface area contributed by atoms with Gasteiger partial charge in [0.05, 0.1) is 0 Å². The van der Waals surface area contributed by atoms with Gasteiger partial charge in [-0.1, -0.05) is 81.6 Å². The zero-order valence-corrected chi connectivity index (χ0v) is 13.5. The van der Waals surface area contributed by atoms with Crippen molar-refractivity contribution in [1.82, 2.24) is 0 Å². The Bertz CT molecular complexity index is 565. The number of rotatable bonds is 4. The summed E-state index contributed by atoms with van der Waals surface area (Å²) < 4.78 is 0. The summed E-state index contributed by atoms with van der Waals surface area (Å²) >= 11 is 0. The fraction of sp³-hybridized carbons (Fsp3) is 0.238. The van der Waals surface area contributed by atoms with E-state index in [1.54, 1.807) is 0 Å². The molecular weight excluding hydrogens is 252 g/mol. The maximum atomic E-state index is 4.18. The molecule has 0 spiro atoms. The second-order valence-electron chi connectivity index (χ2n) is 4.86. The van der Waals surface area contributed by atoms with Gasteiger partial charge in [0.1, 0.15) is 0 Å². The Labute approximate surface area is 129 Å². The molecule has 0 bridgehead atoms. The number of allylic oxidation sites excluding steroid dienone is 8. The number of hydrogen-bond acceptors (Lipinski definition) is 0. The molecule has 110 valence electrons. The molecule has 0 nitrogen and oxygen atoms in total. The molecule has 0 aliphatic heterocycles. The summed E-state index contributed by atoms with van der Waals surface area (Å²) in [7, 11) is 0. The first-order chi connectivity index (χ1) is 10.2. The summed E-state index contributed by atoms with van der Waals surface area (Å²) in [5, 5.41) is 0. The van der Waals surface area contributed by atoms with Crippen LogP contribution in [0, 0.1) is 0 Å². The van der Waals surface area contributed by atoms with E-state index in [2.05, 4.69) is 56.5 Å². The van der Waals surface area contributed by atoms with Gasteiger partial charge >= 0.3 is 0 Å². The first kappa shape index (κ1) is 17.0. The lowest BCUT2D eigenvalue weighted by Gasteiger charge is -2.11. The molecule has 1 aromatic carbocycles. The maximum absolute atomic E-state index is 4.18. The Hall–Kier alpha value is -2.08. The van der Waals surface area contributed by atoms with E-state index in [4.69, 9.17) is 0 Å². The van der Waals surface area contributed by atoms with Crippen LogP contribution in [0.5, 0.6) is 0 Å². The van der Waals surface area contributed by atoms with Crippen LogP contribution in [0.1, 0.15) is 39.2 Å². The van der Waals surface area contributed by atoms with Crippen molar-refractivity contribution in [1.29, 1.82) is 0 Å². The third kappa shape index (κ3) is 5.07. The fourth-order valence-electron chi connectivity index (χ4n) is 2.18. The van der Waals surface area contributed by atoms with Crippen molar-refractivity contribution >= 4 is 5.57 Å². The van der Waals surface area contributed by atoms with E-state index in [1.165, 1.54) is 16.7 Å². The number of hydrogen-bond donors (Lipinski definition) is 0. The second-order valence-corrected chi connectivity index (χ2v) is 4.86. The van der Waals surface area contributed by atoms with Gasteiger partial charge in [0.15, 0.2) is 0 Å². The van der Waals surface area contributed by atoms with Crippen LogP contribution in [-0.4, -0.2) is 0 Å². The molecule has 0 heteroatoms. The molecule has 1 aliphatic rings. The van der Waals surface area contributed by atoms with E-state index in [9.17, 15) is 0 Å². The average Bonchev–Trinajstić information content (AvgIpc) is 2.57. The highest BCUT2D eigenvalue weighted by Gasteiger charge is 2.05. The van der Waals surface area contributed by atoms with Crippen molar-refractivity contribution in [3.63, 3.8) is 0 Å². The predicted molar refractivity (Wildman–Crippen MR) is 96.2 cm³/mol. The lowest BCUT2D eigenvalue weighted by atomic mass is 9.94. The van der Waals surface area contributed by atoms with Crippen LogP contribution in [0.3, 0.4) is 0 Å². The third-order valence-corrected chi connectivity index (χ3v) is 3.42. The van der Waals surface area contributed by atoms with Gasteiger partial charge in [-0.05, 0) is 47.6 Å². The normalized spacial score (nSPS) is 13.9. The van der Waals surface area contributed by atoms with E-state index in [0.717, 1.165) is 24.0 Å². The van der Waals surface area contributed by atoms with Gasteiger partial charge in [-0.2, -0.15) is 0 Å². The third-order valence-electron chi connectivity index (χ3n) is 3.42. The smallest absolute Gasteiger partial charge is 0.0187 e. The van der Waals surface area contributed by atoms with Crippen molar-refractivity contribution in [2.75, 3.05) is 0 Å². The first-order valence-electron chi connectivity index (χ1n) is 7.66. The van der Waals surface area contributed by atoms with Crippen LogP contribution in [0.2, 0.25) is 0 Å². The van der Waals surface area contributed by atoms with Gasteiger partial charge in [-0.15, -0.1) is 0 Å². The topological polar surface area (TPSA) is 0 Å². The number of benzene rings is 1. The average molecular weight is 278 g/mol. The minimum absolute atomic E-state index is 1.06. The van der Waals surface area contributed by atoms with E-state index in [1.807, 2.05) is 32.0 Å². The Balaban J connectivity index is 0.00000106. The van der Waals surface area contributed by atoms with Crippen LogP contribution in [0.4, 0.5) is 0 Å². The zero-order chi connectivity index (χ0) is 15.7. The Morgan fingerprint density at radius 3 is 2.33 bits per heavy atom. The van der Waals surface area contributed by atoms with Gasteiger partial charge in [0, 0.05) is 0 Å². The summed E-state index contributed by atoms with van der Waals surface area (Å²) in [6.45, 7) is 14.5. The summed E-state index contributed by atoms with van der Waals surface area (Å²) in [5.41, 5.74) is 5.82. The van der Waals surface area contributed by atoms with E-state index in [-0.39, 0.29) is 0 Å². The highest BCUT2D eigenvalue weighted by molar-refractivity contribution is 5.77. The maximum Gasteiger partial charge on any atom is -0.0187 e. The fourth-order valence-corrected chi connectivity index (χ4v) is 2.18. The summed E-state index contributed by atoms with van der Waals surface area (Å²) in [5.74, 6) is 0. The minimum atomic E-state index is 1.06. The van der Waals surface area contributed by atoms with E-state index >= 15 is 0 Å². The molecule has 0 heterocycles. The molecule has 0 atom stereocenters. The lowest BCUT2D eigenvalue weighted by molar-refractivity contribution is 0.979. The molecule has 0 aromatic heterocycles. The molecule has 2 rings (SSSR count). The first-order valence-corrected chi connectivity index (χ1v) is 7.66. The van der Waals surface area contributed by atoms with Crippen LogP contribution < -0.4 is 0 Å². The molecule has 0 N–H and O–H groups in total. The van der Waals surface area contributed by atoms with Gasteiger partial charge in [0.2, 0.25) is 0 Å². The van der Waals surface area contributed by atoms with Crippen molar-refractivity contribution in [2.45, 2.75) is 33.6 Å². The SMILES string of the molecule is C=C(/C=C(/C)C(=C)c1ccccc1)C1=CC=CCC1.CC. The largest absolute Gasteiger partial charge is 0.0915 e. The van der Waals surface area contributed by atoms with Gasteiger partial charge < -0.3 is 0 Å². The molecule has 0 saturated carbocycles. The second kappa shape index (κ2) is 8.97. The molecule has 0 amide bonds. The molecule has 0 unspecified atom stereocenters. The van der Waals surface area contributed by atoms with Crippen molar-refractivity contribution < 1.29 is 0 Å². The van der Waals surface area contributed by atoms with Crippen LogP contribution >= 0.6 is 0 Å². The molecular formula is C21H26. The summed E-state index contributed by atoms with van der Waals surface area (Å²) in [6.07, 6.45) is 10.8. The van der Waals surface area contributed by atoms with Gasteiger partial charge in [-0.3, -0.25) is 0 Å². The van der Waals surface area contributed by atoms with Gasteiger partial charge in [-0.25, -0.2) is 0 Å². The van der Waals surface area contributed by atoms with Crippen LogP contribution in [0.15, 0.2) is 84.5 Å². The summed E-state index contributed by atoms with van der Waals surface area (Å²) in [6, 6.07) is 10.3. The monoisotopic (exact) mass is 278 g/mol. The lowest BCUT2D eigenvalue weighted by Crippen LogP contribution is -1.91. The zero-order valence-electron chi connectivity index (χ0n) is 13.5. The predicted octanol–water partition coefficient (Wildman–Crippen LogP) is 6.50. The quantitative estimate of drug-likeness (QED) is 0.551. The molecule has 1 aliphatic carbocycles. The van der Waals surface area contributed by atoms with Crippen molar-refractivity contribution in [2.24, 2.45) is 0 Å². The van der Waals surface area contributed by atoms with Crippen LogP contribution in [-0.2, 0) is 0 Å². The van der Waals surface area contributed by atoms with E-state index in [0.29, 0.717) is 0 Å². The molecule has 0 fully saturated rings. The summed E-state index contributed by atoms with van der Waals surface area (Å²) in [4.78, 5) is 0. The minimum Gasteiger partial charge on any atom is -0.0915 e. The Morgan fingerprint density at radius 1 is 1.10 bits per heavy atom. The highest BCUT2D eigenvalue weighted by Crippen LogP contribution is 2.25. The standard InChI is InChI=1S/C19H20.C2H6/c1-15(17(3)19-12-8-5-9-13-19)14-16(2)18-10-6-4-7-11-18;1-2/h4-6,8-10,12-14H,2-3,7,11H2,1H3;1-2H3/b15-14-;.